The molecule has 0 spiro atoms. The zero-order chi connectivity index (χ0) is 24.1. The molecular weight excluding hydrogens is 450 g/mol. The van der Waals surface area contributed by atoms with Crippen molar-refractivity contribution in [3.05, 3.63) is 106 Å². The molecule has 0 radical (unpaired) electrons. The Hall–Kier alpha value is -4.50. The first-order valence-electron chi connectivity index (χ1n) is 10.4. The van der Waals surface area contributed by atoms with Gasteiger partial charge in [-0.3, -0.25) is 25.8 Å². The minimum atomic E-state index is -0.479. The van der Waals surface area contributed by atoms with Crippen LogP contribution in [-0.2, 0) is 0 Å². The van der Waals surface area contributed by atoms with Gasteiger partial charge in [0, 0.05) is 34.6 Å². The molecule has 34 heavy (non-hydrogen) atoms. The molecule has 3 aromatic carbocycles. The molecule has 0 aliphatic rings. The first-order chi connectivity index (χ1) is 16.4. The van der Waals surface area contributed by atoms with E-state index in [9.17, 15) is 14.9 Å². The number of aromatic nitrogens is 1. The number of thiocarbonyl (C=S) groups is 1. The van der Waals surface area contributed by atoms with Crippen molar-refractivity contribution in [3.8, 4) is 22.3 Å². The number of nitro benzene ring substituents is 1. The number of nitrogens with one attached hydrogen (secondary N) is 4. The lowest BCUT2D eigenvalue weighted by atomic mass is 9.95. The van der Waals surface area contributed by atoms with E-state index in [0.717, 1.165) is 27.9 Å². The van der Waals surface area contributed by atoms with Crippen LogP contribution in [-0.4, -0.2) is 20.9 Å². The van der Waals surface area contributed by atoms with Gasteiger partial charge in [0.1, 0.15) is 5.69 Å². The van der Waals surface area contributed by atoms with Gasteiger partial charge in [-0.1, -0.05) is 60.7 Å². The molecule has 0 atom stereocenters. The second-order valence-corrected chi connectivity index (χ2v) is 7.85. The Morgan fingerprint density at radius 1 is 0.853 bits per heavy atom. The maximum Gasteiger partial charge on any atom is 0.286 e. The van der Waals surface area contributed by atoms with Crippen LogP contribution in [0.5, 0.6) is 0 Å². The van der Waals surface area contributed by atoms with Gasteiger partial charge in [0.15, 0.2) is 5.11 Å². The molecule has 170 valence electrons. The number of carbonyl (C=O) groups excluding carboxylic acids is 1. The third-order valence-corrected chi connectivity index (χ3v) is 5.37. The number of rotatable bonds is 5. The number of hydrogen-bond acceptors (Lipinski definition) is 4. The molecule has 0 saturated carbocycles. The van der Waals surface area contributed by atoms with Crippen molar-refractivity contribution in [2.45, 2.75) is 6.92 Å². The molecule has 8 nitrogen and oxygen atoms in total. The van der Waals surface area contributed by atoms with Gasteiger partial charge in [-0.2, -0.15) is 0 Å². The average molecular weight is 472 g/mol. The van der Waals surface area contributed by atoms with Crippen molar-refractivity contribution in [2.75, 3.05) is 5.32 Å². The molecule has 9 heteroatoms. The molecule has 0 saturated heterocycles. The third kappa shape index (κ3) is 4.94. The Balaban J connectivity index is 1.55. The van der Waals surface area contributed by atoms with Crippen LogP contribution in [0.25, 0.3) is 22.3 Å². The van der Waals surface area contributed by atoms with Crippen molar-refractivity contribution in [2.24, 2.45) is 0 Å². The molecule has 0 bridgehead atoms. The van der Waals surface area contributed by atoms with Crippen LogP contribution in [0.2, 0.25) is 0 Å². The molecule has 0 aliphatic carbocycles. The number of non-ortho nitro benzene ring substituents is 1. The van der Waals surface area contributed by atoms with Crippen molar-refractivity contribution in [3.63, 3.8) is 0 Å². The van der Waals surface area contributed by atoms with E-state index in [2.05, 4.69) is 21.2 Å². The van der Waals surface area contributed by atoms with E-state index in [1.165, 1.54) is 24.3 Å². The largest absolute Gasteiger partial charge is 0.354 e. The Morgan fingerprint density at radius 3 is 1.97 bits per heavy atom. The molecule has 1 heterocycles. The summed E-state index contributed by atoms with van der Waals surface area (Å²) in [5.74, 6) is -0.392. The van der Waals surface area contributed by atoms with Gasteiger partial charge >= 0.3 is 0 Å². The minimum absolute atomic E-state index is 0.0255. The van der Waals surface area contributed by atoms with E-state index < -0.39 is 10.8 Å². The number of nitro groups is 1. The quantitative estimate of drug-likeness (QED) is 0.181. The lowest BCUT2D eigenvalue weighted by Crippen LogP contribution is -2.44. The summed E-state index contributed by atoms with van der Waals surface area (Å²) in [7, 11) is 0. The summed E-state index contributed by atoms with van der Waals surface area (Å²) in [4.78, 5) is 26.7. The third-order valence-electron chi connectivity index (χ3n) is 5.17. The highest BCUT2D eigenvalue weighted by Gasteiger charge is 2.22. The molecule has 0 aliphatic heterocycles. The van der Waals surface area contributed by atoms with Crippen LogP contribution < -0.4 is 16.2 Å². The van der Waals surface area contributed by atoms with Crippen molar-refractivity contribution in [1.29, 1.82) is 0 Å². The highest BCUT2D eigenvalue weighted by molar-refractivity contribution is 7.80. The highest BCUT2D eigenvalue weighted by Crippen LogP contribution is 2.37. The van der Waals surface area contributed by atoms with Gasteiger partial charge in [-0.25, -0.2) is 0 Å². The van der Waals surface area contributed by atoms with Crippen LogP contribution in [0.1, 0.15) is 16.2 Å². The standard InChI is InChI=1S/C25H21N5O3S/c1-16-21(17-8-4-2-5-9-17)22(18-10-6-3-7-11-18)23(26-16)24(31)28-29-25(34)27-19-12-14-20(15-13-19)30(32)33/h2-15,26H,1H3,(H,28,31)(H2,27,29,34). The van der Waals surface area contributed by atoms with Gasteiger partial charge < -0.3 is 10.3 Å². The Labute approximate surface area is 201 Å². The molecule has 1 amide bonds. The predicted molar refractivity (Wildman–Crippen MR) is 136 cm³/mol. The summed E-state index contributed by atoms with van der Waals surface area (Å²) in [6.07, 6.45) is 0. The molecule has 0 unspecified atom stereocenters. The summed E-state index contributed by atoms with van der Waals surface area (Å²) >= 11 is 5.24. The predicted octanol–water partition coefficient (Wildman–Crippen LogP) is 5.20. The molecule has 4 rings (SSSR count). The van der Waals surface area contributed by atoms with Crippen molar-refractivity contribution in [1.82, 2.24) is 15.8 Å². The number of H-pyrrole nitrogens is 1. The number of hydrogen-bond donors (Lipinski definition) is 4. The summed E-state index contributed by atoms with van der Waals surface area (Å²) in [6, 6.07) is 25.4. The number of benzene rings is 3. The normalized spacial score (nSPS) is 10.4. The summed E-state index contributed by atoms with van der Waals surface area (Å²) in [5.41, 5.74) is 10.7. The van der Waals surface area contributed by atoms with E-state index in [4.69, 9.17) is 12.2 Å². The highest BCUT2D eigenvalue weighted by atomic mass is 32.1. The van der Waals surface area contributed by atoms with E-state index in [1.54, 1.807) is 0 Å². The molecule has 4 aromatic rings. The summed E-state index contributed by atoms with van der Waals surface area (Å²) < 4.78 is 0. The fraction of sp³-hybridized carbons (Fsp3) is 0.0400. The number of aromatic amines is 1. The molecule has 0 fully saturated rings. The van der Waals surface area contributed by atoms with Crippen LogP contribution in [0.15, 0.2) is 84.9 Å². The van der Waals surface area contributed by atoms with Gasteiger partial charge in [-0.15, -0.1) is 0 Å². The van der Waals surface area contributed by atoms with E-state index >= 15 is 0 Å². The Bertz CT molecular complexity index is 1340. The van der Waals surface area contributed by atoms with Gasteiger partial charge in [-0.05, 0) is 42.4 Å². The van der Waals surface area contributed by atoms with Crippen LogP contribution in [0.4, 0.5) is 11.4 Å². The van der Waals surface area contributed by atoms with Gasteiger partial charge in [0.05, 0.1) is 4.92 Å². The van der Waals surface area contributed by atoms with E-state index in [1.807, 2.05) is 67.6 Å². The second-order valence-electron chi connectivity index (χ2n) is 7.44. The number of amides is 1. The first-order valence-corrected chi connectivity index (χ1v) is 10.8. The van der Waals surface area contributed by atoms with Crippen LogP contribution in [0, 0.1) is 17.0 Å². The average Bonchev–Trinajstić information content (AvgIpc) is 3.21. The number of anilines is 1. The maximum absolute atomic E-state index is 13.1. The lowest BCUT2D eigenvalue weighted by Gasteiger charge is -2.12. The van der Waals surface area contributed by atoms with Crippen LogP contribution >= 0.6 is 12.2 Å². The summed E-state index contributed by atoms with van der Waals surface area (Å²) in [5, 5.41) is 13.8. The molecular formula is C25H21N5O3S. The molecule has 4 N–H and O–H groups in total. The van der Waals surface area contributed by atoms with Crippen molar-refractivity contribution >= 4 is 34.6 Å². The smallest absolute Gasteiger partial charge is 0.286 e. The Kier molecular flexibility index (Phi) is 6.65. The van der Waals surface area contributed by atoms with E-state index in [-0.39, 0.29) is 10.8 Å². The second kappa shape index (κ2) is 9.97. The zero-order valence-corrected chi connectivity index (χ0v) is 19.0. The van der Waals surface area contributed by atoms with E-state index in [0.29, 0.717) is 11.4 Å². The van der Waals surface area contributed by atoms with Gasteiger partial charge in [0.25, 0.3) is 11.6 Å². The number of carbonyl (C=O) groups is 1. The maximum atomic E-state index is 13.1. The topological polar surface area (TPSA) is 112 Å². The summed E-state index contributed by atoms with van der Waals surface area (Å²) in [6.45, 7) is 1.93. The SMILES string of the molecule is Cc1[nH]c(C(=O)NNC(=S)Nc2ccc([N+](=O)[O-])cc2)c(-c2ccccc2)c1-c1ccccc1. The fourth-order valence-corrected chi connectivity index (χ4v) is 3.83. The van der Waals surface area contributed by atoms with Crippen molar-refractivity contribution < 1.29 is 9.72 Å². The number of aryl methyl sites for hydroxylation is 1. The lowest BCUT2D eigenvalue weighted by molar-refractivity contribution is -0.384. The minimum Gasteiger partial charge on any atom is -0.354 e. The number of hydrazine groups is 1. The number of nitrogens with zero attached hydrogens (tertiary/aromatic N) is 1. The zero-order valence-electron chi connectivity index (χ0n) is 18.2. The monoisotopic (exact) mass is 471 g/mol. The van der Waals surface area contributed by atoms with Crippen LogP contribution in [0.3, 0.4) is 0 Å². The Morgan fingerprint density at radius 2 is 1.41 bits per heavy atom. The molecule has 1 aromatic heterocycles. The van der Waals surface area contributed by atoms with Gasteiger partial charge in [0.2, 0.25) is 0 Å². The fourth-order valence-electron chi connectivity index (χ4n) is 3.66. The first kappa shape index (κ1) is 22.7.